The van der Waals surface area contributed by atoms with Crippen molar-refractivity contribution < 1.29 is 18.0 Å². The highest BCUT2D eigenvalue weighted by Gasteiger charge is 2.33. The Hall–Kier alpha value is -2.19. The van der Waals surface area contributed by atoms with E-state index in [9.17, 15) is 18.0 Å². The molecule has 1 unspecified atom stereocenters. The third-order valence-corrected chi connectivity index (χ3v) is 6.19. The topological polar surface area (TPSA) is 33.2 Å². The zero-order valence-electron chi connectivity index (χ0n) is 14.1. The minimum Gasteiger partial charge on any atom is -0.330 e. The van der Waals surface area contributed by atoms with Gasteiger partial charge >= 0.3 is 6.18 Å². The maximum absolute atomic E-state index is 12.9. The lowest BCUT2D eigenvalue weighted by atomic mass is 10.1. The molecule has 3 aromatic rings. The highest BCUT2D eigenvalue weighted by atomic mass is 32.1. The summed E-state index contributed by atoms with van der Waals surface area (Å²) in [5.74, 6) is -0.168. The van der Waals surface area contributed by atoms with Crippen molar-refractivity contribution in [3.05, 3.63) is 63.3 Å². The first-order valence-corrected chi connectivity index (χ1v) is 10.2. The molecule has 0 N–H and O–H groups in total. The third-order valence-electron chi connectivity index (χ3n) is 4.60. The minimum absolute atomic E-state index is 0.0439. The van der Waals surface area contributed by atoms with Gasteiger partial charge in [0.25, 0.3) is 5.91 Å². The minimum atomic E-state index is -4.41. The maximum Gasteiger partial charge on any atom is 0.416 e. The van der Waals surface area contributed by atoms with E-state index < -0.39 is 11.7 Å². The van der Waals surface area contributed by atoms with Crippen LogP contribution in [0.3, 0.4) is 0 Å². The zero-order valence-corrected chi connectivity index (χ0v) is 15.7. The summed E-state index contributed by atoms with van der Waals surface area (Å²) in [5.41, 5.74) is 1.05. The molecule has 0 saturated carbocycles. The highest BCUT2D eigenvalue weighted by molar-refractivity contribution is 7.13. The van der Waals surface area contributed by atoms with Crippen LogP contribution in [0.2, 0.25) is 0 Å². The van der Waals surface area contributed by atoms with Crippen molar-refractivity contribution in [2.45, 2.75) is 25.1 Å². The monoisotopic (exact) mass is 408 g/mol. The fourth-order valence-electron chi connectivity index (χ4n) is 3.30. The van der Waals surface area contributed by atoms with Crippen molar-refractivity contribution in [2.75, 3.05) is 6.54 Å². The number of hydrogen-bond acceptors (Lipinski definition) is 4. The summed E-state index contributed by atoms with van der Waals surface area (Å²) < 4.78 is 38.8. The van der Waals surface area contributed by atoms with E-state index in [1.165, 1.54) is 17.4 Å². The number of hydrogen-bond donors (Lipinski definition) is 0. The molecule has 0 spiro atoms. The molecule has 1 saturated heterocycles. The van der Waals surface area contributed by atoms with Gasteiger partial charge in [-0.3, -0.25) is 4.79 Å². The molecule has 1 atom stereocenters. The molecule has 1 aromatic carbocycles. The van der Waals surface area contributed by atoms with Crippen LogP contribution in [-0.4, -0.2) is 22.3 Å². The van der Waals surface area contributed by atoms with E-state index >= 15 is 0 Å². The predicted molar refractivity (Wildman–Crippen MR) is 99.9 cm³/mol. The number of aromatic nitrogens is 1. The number of thiophene rings is 1. The van der Waals surface area contributed by atoms with Gasteiger partial charge in [0.2, 0.25) is 0 Å². The Balaban J connectivity index is 1.58. The van der Waals surface area contributed by atoms with E-state index in [-0.39, 0.29) is 17.6 Å². The lowest BCUT2D eigenvalue weighted by Crippen LogP contribution is -2.30. The summed E-state index contributed by atoms with van der Waals surface area (Å²) in [7, 11) is 0. The molecule has 1 aliphatic rings. The molecule has 27 heavy (non-hydrogen) atoms. The van der Waals surface area contributed by atoms with E-state index in [1.54, 1.807) is 22.8 Å². The number of carbonyl (C=O) groups is 1. The summed E-state index contributed by atoms with van der Waals surface area (Å²) in [6, 6.07) is 7.09. The van der Waals surface area contributed by atoms with Gasteiger partial charge in [-0.05, 0) is 47.4 Å². The Morgan fingerprint density at radius 2 is 2.07 bits per heavy atom. The van der Waals surface area contributed by atoms with E-state index in [0.29, 0.717) is 17.1 Å². The number of nitrogens with zero attached hydrogens (tertiary/aromatic N) is 2. The van der Waals surface area contributed by atoms with Crippen molar-refractivity contribution in [1.29, 1.82) is 0 Å². The van der Waals surface area contributed by atoms with Gasteiger partial charge in [-0.15, -0.1) is 11.3 Å². The van der Waals surface area contributed by atoms with Crippen LogP contribution in [0.1, 0.15) is 40.5 Å². The zero-order chi connectivity index (χ0) is 19.0. The molecule has 0 bridgehead atoms. The Labute approximate surface area is 162 Å². The molecule has 8 heteroatoms. The summed E-state index contributed by atoms with van der Waals surface area (Å²) >= 11 is 2.78. The van der Waals surface area contributed by atoms with E-state index in [4.69, 9.17) is 0 Å². The van der Waals surface area contributed by atoms with Gasteiger partial charge in [0.1, 0.15) is 10.7 Å². The number of carbonyl (C=O) groups excluding carboxylic acids is 1. The Morgan fingerprint density at radius 3 is 2.81 bits per heavy atom. The lowest BCUT2D eigenvalue weighted by Gasteiger charge is -2.23. The van der Waals surface area contributed by atoms with Gasteiger partial charge < -0.3 is 4.90 Å². The number of rotatable bonds is 3. The smallest absolute Gasteiger partial charge is 0.330 e. The number of thiazole rings is 1. The van der Waals surface area contributed by atoms with Crippen LogP contribution >= 0.6 is 22.7 Å². The van der Waals surface area contributed by atoms with Crippen molar-refractivity contribution in [3.63, 3.8) is 0 Å². The van der Waals surface area contributed by atoms with Crippen LogP contribution in [0.4, 0.5) is 13.2 Å². The fourth-order valence-corrected chi connectivity index (χ4v) is 4.80. The van der Waals surface area contributed by atoms with Crippen LogP contribution < -0.4 is 0 Å². The molecule has 140 valence electrons. The third kappa shape index (κ3) is 3.64. The summed E-state index contributed by atoms with van der Waals surface area (Å²) in [6.07, 6.45) is -2.57. The SMILES string of the molecule is O=C(c1csc(-c2cccc(C(F)(F)F)c2)n1)N1CCCC1c1ccsc1. The van der Waals surface area contributed by atoms with Crippen molar-refractivity contribution in [1.82, 2.24) is 9.88 Å². The predicted octanol–water partition coefficient (Wildman–Crippen LogP) is 5.87. The molecule has 1 amide bonds. The summed E-state index contributed by atoms with van der Waals surface area (Å²) in [4.78, 5) is 19.1. The quantitative estimate of drug-likeness (QED) is 0.543. The molecular weight excluding hydrogens is 393 g/mol. The van der Waals surface area contributed by atoms with E-state index in [1.807, 2.05) is 21.7 Å². The number of likely N-dealkylation sites (tertiary alicyclic amines) is 1. The average Bonchev–Trinajstić information content (AvgIpc) is 3.41. The summed E-state index contributed by atoms with van der Waals surface area (Å²) in [5, 5.41) is 6.08. The normalized spacial score (nSPS) is 17.4. The molecule has 3 heterocycles. The number of alkyl halides is 3. The second-order valence-corrected chi connectivity index (χ2v) is 7.97. The molecular formula is C19H15F3N2OS2. The number of amides is 1. The van der Waals surface area contributed by atoms with Gasteiger partial charge in [0.15, 0.2) is 0 Å². The van der Waals surface area contributed by atoms with E-state index in [0.717, 1.165) is 30.5 Å². The van der Waals surface area contributed by atoms with Crippen LogP contribution in [0.5, 0.6) is 0 Å². The molecule has 1 fully saturated rings. The fraction of sp³-hybridized carbons (Fsp3) is 0.263. The first-order chi connectivity index (χ1) is 12.9. The Morgan fingerprint density at radius 1 is 1.22 bits per heavy atom. The van der Waals surface area contributed by atoms with Crippen molar-refractivity contribution in [2.24, 2.45) is 0 Å². The van der Waals surface area contributed by atoms with Gasteiger partial charge in [-0.2, -0.15) is 24.5 Å². The Bertz CT molecular complexity index is 950. The molecule has 1 aliphatic heterocycles. The van der Waals surface area contributed by atoms with Crippen molar-refractivity contribution in [3.8, 4) is 10.6 Å². The Kier molecular flexibility index (Phi) is 4.77. The molecule has 0 radical (unpaired) electrons. The van der Waals surface area contributed by atoms with E-state index in [2.05, 4.69) is 4.98 Å². The molecule has 3 nitrogen and oxygen atoms in total. The average molecular weight is 408 g/mol. The van der Waals surface area contributed by atoms with Crippen LogP contribution in [-0.2, 0) is 6.18 Å². The standard InChI is InChI=1S/C19H15F3N2OS2/c20-19(21,22)14-4-1-3-12(9-14)17-23-15(11-27-17)18(25)24-7-2-5-16(24)13-6-8-26-10-13/h1,3-4,6,8-11,16H,2,5,7H2. The number of benzene rings is 1. The van der Waals surface area contributed by atoms with Crippen molar-refractivity contribution >= 4 is 28.6 Å². The lowest BCUT2D eigenvalue weighted by molar-refractivity contribution is -0.137. The second kappa shape index (κ2) is 7.09. The second-order valence-electron chi connectivity index (χ2n) is 6.33. The summed E-state index contributed by atoms with van der Waals surface area (Å²) in [6.45, 7) is 0.662. The number of halogens is 3. The van der Waals surface area contributed by atoms with Gasteiger partial charge in [0.05, 0.1) is 11.6 Å². The first-order valence-electron chi connectivity index (χ1n) is 8.40. The molecule has 2 aromatic heterocycles. The van der Waals surface area contributed by atoms with Crippen LogP contribution in [0.15, 0.2) is 46.5 Å². The first kappa shape index (κ1) is 18.2. The van der Waals surface area contributed by atoms with Crippen LogP contribution in [0, 0.1) is 0 Å². The van der Waals surface area contributed by atoms with Gasteiger partial charge in [0, 0.05) is 17.5 Å². The van der Waals surface area contributed by atoms with Crippen LogP contribution in [0.25, 0.3) is 10.6 Å². The maximum atomic E-state index is 12.9. The van der Waals surface area contributed by atoms with Gasteiger partial charge in [-0.1, -0.05) is 12.1 Å². The molecule has 0 aliphatic carbocycles. The largest absolute Gasteiger partial charge is 0.416 e. The highest BCUT2D eigenvalue weighted by Crippen LogP contribution is 2.36. The molecule has 4 rings (SSSR count). The van der Waals surface area contributed by atoms with Gasteiger partial charge in [-0.25, -0.2) is 4.98 Å².